The van der Waals surface area contributed by atoms with Gasteiger partial charge in [0, 0.05) is 23.9 Å². The van der Waals surface area contributed by atoms with Crippen molar-refractivity contribution in [2.45, 2.75) is 0 Å². The lowest BCUT2D eigenvalue weighted by molar-refractivity contribution is -0.384. The molecule has 0 amide bonds. The summed E-state index contributed by atoms with van der Waals surface area (Å²) in [5.74, 6) is 0.548. The van der Waals surface area contributed by atoms with E-state index in [2.05, 4.69) is 30.5 Å². The molecule has 0 aliphatic rings. The third-order valence-corrected chi connectivity index (χ3v) is 4.07. The van der Waals surface area contributed by atoms with Crippen molar-refractivity contribution >= 4 is 63.5 Å². The molecule has 10 nitrogen and oxygen atoms in total. The summed E-state index contributed by atoms with van der Waals surface area (Å²) in [4.78, 5) is 21.7. The van der Waals surface area contributed by atoms with Crippen molar-refractivity contribution in [2.24, 2.45) is 10.2 Å². The smallest absolute Gasteiger partial charge is 0.271 e. The molecule has 0 unspecified atom stereocenters. The van der Waals surface area contributed by atoms with Gasteiger partial charge in [0.15, 0.2) is 0 Å². The van der Waals surface area contributed by atoms with Crippen LogP contribution in [0.25, 0.3) is 0 Å². The number of methoxy groups -OCH3 is 1. The van der Waals surface area contributed by atoms with E-state index in [1.165, 1.54) is 25.3 Å². The SMILES string of the molecule is COc1cc(Nc2nc(Cl)nc(Cl)n2)ccc1N=Nc1ccc([N+](=O)[O-])cc1Cl. The molecular weight excluding hydrogens is 445 g/mol. The number of hydrogen-bond donors (Lipinski definition) is 1. The van der Waals surface area contributed by atoms with Crippen molar-refractivity contribution in [3.05, 3.63) is 62.1 Å². The predicted molar refractivity (Wildman–Crippen MR) is 108 cm³/mol. The summed E-state index contributed by atoms with van der Waals surface area (Å²) >= 11 is 17.5. The summed E-state index contributed by atoms with van der Waals surface area (Å²) in [6.45, 7) is 0. The molecule has 148 valence electrons. The van der Waals surface area contributed by atoms with Gasteiger partial charge < -0.3 is 10.1 Å². The highest BCUT2D eigenvalue weighted by Crippen LogP contribution is 2.35. The largest absolute Gasteiger partial charge is 0.494 e. The number of hydrogen-bond acceptors (Lipinski definition) is 9. The molecule has 13 heteroatoms. The Balaban J connectivity index is 1.83. The average molecular weight is 455 g/mol. The second kappa shape index (κ2) is 8.95. The molecule has 1 N–H and O–H groups in total. The Labute approximate surface area is 178 Å². The molecule has 0 bridgehead atoms. The van der Waals surface area contributed by atoms with E-state index in [4.69, 9.17) is 39.5 Å². The van der Waals surface area contributed by atoms with Gasteiger partial charge in [0.25, 0.3) is 5.69 Å². The first kappa shape index (κ1) is 20.6. The lowest BCUT2D eigenvalue weighted by Gasteiger charge is -2.09. The van der Waals surface area contributed by atoms with Gasteiger partial charge in [-0.05, 0) is 41.4 Å². The van der Waals surface area contributed by atoms with E-state index in [1.807, 2.05) is 0 Å². The average Bonchev–Trinajstić information content (AvgIpc) is 2.66. The van der Waals surface area contributed by atoms with Crippen LogP contribution >= 0.6 is 34.8 Å². The van der Waals surface area contributed by atoms with Crippen molar-refractivity contribution in [1.29, 1.82) is 0 Å². The van der Waals surface area contributed by atoms with Gasteiger partial charge >= 0.3 is 0 Å². The van der Waals surface area contributed by atoms with Crippen LogP contribution in [0.1, 0.15) is 0 Å². The van der Waals surface area contributed by atoms with Crippen LogP contribution in [-0.4, -0.2) is 27.0 Å². The predicted octanol–water partition coefficient (Wildman–Crippen LogP) is 5.91. The minimum Gasteiger partial charge on any atom is -0.494 e. The number of aromatic nitrogens is 3. The Morgan fingerprint density at radius 2 is 1.66 bits per heavy atom. The number of anilines is 2. The number of azo groups is 1. The second-order valence-electron chi connectivity index (χ2n) is 5.30. The highest BCUT2D eigenvalue weighted by molar-refractivity contribution is 6.33. The van der Waals surface area contributed by atoms with Gasteiger partial charge in [-0.1, -0.05) is 11.6 Å². The number of nitro benzene ring substituents is 1. The lowest BCUT2D eigenvalue weighted by atomic mass is 10.2. The topological polar surface area (TPSA) is 128 Å². The second-order valence-corrected chi connectivity index (χ2v) is 6.38. The Morgan fingerprint density at radius 3 is 2.28 bits per heavy atom. The zero-order valence-corrected chi connectivity index (χ0v) is 16.8. The number of ether oxygens (including phenoxy) is 1. The van der Waals surface area contributed by atoms with Crippen LogP contribution in [-0.2, 0) is 0 Å². The molecule has 3 rings (SSSR count). The lowest BCUT2D eigenvalue weighted by Crippen LogP contribution is -1.99. The number of halogens is 3. The number of non-ortho nitro benzene ring substituents is 1. The quantitative estimate of drug-likeness (QED) is 0.278. The van der Waals surface area contributed by atoms with E-state index in [9.17, 15) is 10.1 Å². The molecule has 0 atom stereocenters. The molecule has 29 heavy (non-hydrogen) atoms. The van der Waals surface area contributed by atoms with E-state index in [-0.39, 0.29) is 32.9 Å². The summed E-state index contributed by atoms with van der Waals surface area (Å²) in [6.07, 6.45) is 0. The normalized spacial score (nSPS) is 10.9. The molecule has 1 heterocycles. The zero-order valence-electron chi connectivity index (χ0n) is 14.5. The number of nitrogens with one attached hydrogen (secondary N) is 1. The molecular formula is C16H10Cl3N7O3. The fourth-order valence-electron chi connectivity index (χ4n) is 2.15. The van der Waals surface area contributed by atoms with Crippen molar-refractivity contribution < 1.29 is 9.66 Å². The molecule has 1 aromatic heterocycles. The molecule has 0 aliphatic heterocycles. The van der Waals surface area contributed by atoms with Gasteiger partial charge in [-0.3, -0.25) is 10.1 Å². The molecule has 0 saturated heterocycles. The van der Waals surface area contributed by atoms with Gasteiger partial charge in [0.2, 0.25) is 16.5 Å². The molecule has 0 spiro atoms. The Hall–Kier alpha value is -3.08. The first-order chi connectivity index (χ1) is 13.9. The van der Waals surface area contributed by atoms with Crippen LogP contribution in [0, 0.1) is 10.1 Å². The summed E-state index contributed by atoms with van der Waals surface area (Å²) in [5.41, 5.74) is 1.11. The van der Waals surface area contributed by atoms with Gasteiger partial charge in [0.1, 0.15) is 17.1 Å². The van der Waals surface area contributed by atoms with Crippen LogP contribution in [0.15, 0.2) is 46.6 Å². The highest BCUT2D eigenvalue weighted by Gasteiger charge is 2.10. The minimum atomic E-state index is -0.547. The fourth-order valence-corrected chi connectivity index (χ4v) is 2.72. The van der Waals surface area contributed by atoms with E-state index >= 15 is 0 Å². The van der Waals surface area contributed by atoms with Crippen LogP contribution < -0.4 is 10.1 Å². The summed E-state index contributed by atoms with van der Waals surface area (Å²) < 4.78 is 5.32. The molecule has 0 radical (unpaired) electrons. The van der Waals surface area contributed by atoms with Gasteiger partial charge in [0.05, 0.1) is 17.1 Å². The third-order valence-electron chi connectivity index (χ3n) is 3.42. The molecule has 0 fully saturated rings. The van der Waals surface area contributed by atoms with Crippen molar-refractivity contribution in [3.63, 3.8) is 0 Å². The van der Waals surface area contributed by atoms with E-state index in [0.717, 1.165) is 0 Å². The van der Waals surface area contributed by atoms with E-state index in [1.54, 1.807) is 18.2 Å². The van der Waals surface area contributed by atoms with Crippen LogP contribution in [0.5, 0.6) is 5.75 Å². The summed E-state index contributed by atoms with van der Waals surface area (Å²) in [6, 6.07) is 8.84. The Morgan fingerprint density at radius 1 is 1.00 bits per heavy atom. The van der Waals surface area contributed by atoms with Crippen molar-refractivity contribution in [1.82, 2.24) is 15.0 Å². The first-order valence-electron chi connectivity index (χ1n) is 7.73. The summed E-state index contributed by atoms with van der Waals surface area (Å²) in [5, 5.41) is 21.8. The minimum absolute atomic E-state index is 0.0511. The van der Waals surface area contributed by atoms with Crippen molar-refractivity contribution in [3.8, 4) is 5.75 Å². The van der Waals surface area contributed by atoms with Gasteiger partial charge in [-0.25, -0.2) is 0 Å². The maximum atomic E-state index is 10.8. The van der Waals surface area contributed by atoms with Gasteiger partial charge in [-0.2, -0.15) is 15.0 Å². The number of nitrogens with zero attached hydrogens (tertiary/aromatic N) is 6. The first-order valence-corrected chi connectivity index (χ1v) is 8.87. The fraction of sp³-hybridized carbons (Fsp3) is 0.0625. The Kier molecular flexibility index (Phi) is 6.37. The van der Waals surface area contributed by atoms with Crippen LogP contribution in [0.3, 0.4) is 0 Å². The van der Waals surface area contributed by atoms with E-state index in [0.29, 0.717) is 17.1 Å². The summed E-state index contributed by atoms with van der Waals surface area (Å²) in [7, 11) is 1.47. The van der Waals surface area contributed by atoms with Crippen LogP contribution in [0.2, 0.25) is 15.6 Å². The maximum absolute atomic E-state index is 10.8. The Bertz CT molecular complexity index is 1090. The molecule has 2 aromatic carbocycles. The third kappa shape index (κ3) is 5.25. The standard InChI is InChI=1S/C16H10Cl3N7O3/c1-29-13-6-8(20-16-22-14(18)21-15(19)23-16)2-4-12(13)25-24-11-5-3-9(26(27)28)7-10(11)17/h2-7H,1H3,(H,20,21,22,23). The number of nitro groups is 1. The zero-order chi connectivity index (χ0) is 21.0. The monoisotopic (exact) mass is 453 g/mol. The maximum Gasteiger partial charge on any atom is 0.271 e. The van der Waals surface area contributed by atoms with Crippen molar-refractivity contribution in [2.75, 3.05) is 12.4 Å². The van der Waals surface area contributed by atoms with Gasteiger partial charge in [-0.15, -0.1) is 10.2 Å². The molecule has 0 aliphatic carbocycles. The highest BCUT2D eigenvalue weighted by atomic mass is 35.5. The van der Waals surface area contributed by atoms with Crippen LogP contribution in [0.4, 0.5) is 28.7 Å². The number of benzene rings is 2. The molecule has 0 saturated carbocycles. The molecule has 3 aromatic rings. The van der Waals surface area contributed by atoms with E-state index < -0.39 is 4.92 Å². The number of rotatable bonds is 6.